The Bertz CT molecular complexity index is 1130. The lowest BCUT2D eigenvalue weighted by atomic mass is 10.2. The summed E-state index contributed by atoms with van der Waals surface area (Å²) in [4.78, 5) is 22.2. The fourth-order valence-electron chi connectivity index (χ4n) is 3.37. The molecule has 1 amide bonds. The minimum Gasteiger partial charge on any atom is -0.493 e. The highest BCUT2D eigenvalue weighted by molar-refractivity contribution is 6.31. The molecular formula is C22H22ClFN4O4. The summed E-state index contributed by atoms with van der Waals surface area (Å²) in [5.41, 5.74) is 1.24. The van der Waals surface area contributed by atoms with E-state index in [1.807, 2.05) is 0 Å². The van der Waals surface area contributed by atoms with E-state index in [1.165, 1.54) is 18.5 Å². The lowest BCUT2D eigenvalue weighted by Gasteiger charge is -2.26. The predicted molar refractivity (Wildman–Crippen MR) is 118 cm³/mol. The number of nitrogens with zero attached hydrogens (tertiary/aromatic N) is 3. The molecule has 2 heterocycles. The standard InChI is InChI=1S/C22H22ClFN4O4/c1-30-19-11-18-15(10-20(19)32-7-2-5-28-6-8-31-12-21(28)29)22(26-13-25-18)27-14-3-4-17(24)16(23)9-14/h3-4,9-11,13H,2,5-8,12H2,1H3,(H,25,26,27). The van der Waals surface area contributed by atoms with Crippen LogP contribution in [-0.4, -0.2) is 60.8 Å². The zero-order valence-electron chi connectivity index (χ0n) is 17.4. The van der Waals surface area contributed by atoms with Crippen molar-refractivity contribution in [3.05, 3.63) is 47.5 Å². The van der Waals surface area contributed by atoms with E-state index in [4.69, 9.17) is 25.8 Å². The van der Waals surface area contributed by atoms with E-state index in [1.54, 1.807) is 30.2 Å². The second kappa shape index (κ2) is 9.97. The number of rotatable bonds is 8. The van der Waals surface area contributed by atoms with Crippen LogP contribution in [0.3, 0.4) is 0 Å². The number of morpholine rings is 1. The number of ether oxygens (including phenoxy) is 3. The number of hydrogen-bond donors (Lipinski definition) is 1. The predicted octanol–water partition coefficient (Wildman–Crippen LogP) is 3.80. The first-order chi connectivity index (χ1) is 15.5. The number of halogens is 2. The second-order valence-electron chi connectivity index (χ2n) is 7.13. The molecule has 0 spiro atoms. The Labute approximate surface area is 189 Å². The largest absolute Gasteiger partial charge is 0.493 e. The molecule has 1 fully saturated rings. The van der Waals surface area contributed by atoms with E-state index in [0.717, 1.165) is 0 Å². The van der Waals surface area contributed by atoms with Gasteiger partial charge in [-0.05, 0) is 30.7 Å². The summed E-state index contributed by atoms with van der Waals surface area (Å²) >= 11 is 5.88. The Morgan fingerprint density at radius 3 is 2.91 bits per heavy atom. The average Bonchev–Trinajstić information content (AvgIpc) is 2.80. The van der Waals surface area contributed by atoms with Crippen LogP contribution >= 0.6 is 11.6 Å². The molecule has 0 atom stereocenters. The van der Waals surface area contributed by atoms with Crippen molar-refractivity contribution >= 4 is 39.9 Å². The highest BCUT2D eigenvalue weighted by atomic mass is 35.5. The van der Waals surface area contributed by atoms with E-state index >= 15 is 0 Å². The van der Waals surface area contributed by atoms with E-state index in [9.17, 15) is 9.18 Å². The zero-order valence-corrected chi connectivity index (χ0v) is 18.2. The topological polar surface area (TPSA) is 85.8 Å². The van der Waals surface area contributed by atoms with Gasteiger partial charge in [0, 0.05) is 30.2 Å². The Balaban J connectivity index is 1.51. The Morgan fingerprint density at radius 2 is 2.12 bits per heavy atom. The summed E-state index contributed by atoms with van der Waals surface area (Å²) in [7, 11) is 1.56. The van der Waals surface area contributed by atoms with Crippen molar-refractivity contribution in [1.82, 2.24) is 14.9 Å². The molecule has 0 aliphatic carbocycles. The SMILES string of the molecule is COc1cc2ncnc(Nc3ccc(F)c(Cl)c3)c2cc1OCCCN1CCOCC1=O. The van der Waals surface area contributed by atoms with Crippen LogP contribution in [-0.2, 0) is 9.53 Å². The van der Waals surface area contributed by atoms with Gasteiger partial charge in [-0.15, -0.1) is 0 Å². The lowest BCUT2D eigenvalue weighted by molar-refractivity contribution is -0.142. The minimum atomic E-state index is -0.496. The quantitative estimate of drug-likeness (QED) is 0.511. The molecule has 0 bridgehead atoms. The number of fused-ring (bicyclic) bond motifs is 1. The van der Waals surface area contributed by atoms with Gasteiger partial charge in [0.15, 0.2) is 11.5 Å². The number of amides is 1. The van der Waals surface area contributed by atoms with Gasteiger partial charge in [0.1, 0.15) is 24.6 Å². The molecular weight excluding hydrogens is 439 g/mol. The molecule has 1 N–H and O–H groups in total. The molecule has 168 valence electrons. The summed E-state index contributed by atoms with van der Waals surface area (Å²) in [6.45, 7) is 2.28. The van der Waals surface area contributed by atoms with Crippen molar-refractivity contribution in [3.63, 3.8) is 0 Å². The summed E-state index contributed by atoms with van der Waals surface area (Å²) in [5, 5.41) is 3.85. The second-order valence-corrected chi connectivity index (χ2v) is 7.54. The Kier molecular flexibility index (Phi) is 6.87. The number of nitrogens with one attached hydrogen (secondary N) is 1. The molecule has 0 unspecified atom stereocenters. The van der Waals surface area contributed by atoms with E-state index in [-0.39, 0.29) is 17.5 Å². The highest BCUT2D eigenvalue weighted by Crippen LogP contribution is 2.35. The first-order valence-corrected chi connectivity index (χ1v) is 10.5. The number of benzene rings is 2. The van der Waals surface area contributed by atoms with Gasteiger partial charge >= 0.3 is 0 Å². The number of hydrogen-bond acceptors (Lipinski definition) is 7. The molecule has 1 aliphatic rings. The maximum Gasteiger partial charge on any atom is 0.248 e. The van der Waals surface area contributed by atoms with E-state index < -0.39 is 5.82 Å². The first kappa shape index (κ1) is 22.0. The van der Waals surface area contributed by atoms with Crippen molar-refractivity contribution in [2.24, 2.45) is 0 Å². The summed E-state index contributed by atoms with van der Waals surface area (Å²) in [5.74, 6) is 1.08. The molecule has 1 aromatic heterocycles. The molecule has 0 radical (unpaired) electrons. The fourth-order valence-corrected chi connectivity index (χ4v) is 3.55. The van der Waals surface area contributed by atoms with Crippen LogP contribution in [0.1, 0.15) is 6.42 Å². The maximum atomic E-state index is 13.5. The minimum absolute atomic E-state index is 0.00621. The van der Waals surface area contributed by atoms with E-state index in [2.05, 4.69) is 15.3 Å². The average molecular weight is 461 g/mol. The molecule has 8 nitrogen and oxygen atoms in total. The van der Waals surface area contributed by atoms with Crippen molar-refractivity contribution < 1.29 is 23.4 Å². The Hall–Kier alpha value is -3.17. The smallest absolute Gasteiger partial charge is 0.248 e. The first-order valence-electron chi connectivity index (χ1n) is 10.1. The van der Waals surface area contributed by atoms with Gasteiger partial charge in [0.25, 0.3) is 0 Å². The molecule has 2 aromatic carbocycles. The normalized spacial score (nSPS) is 14.0. The van der Waals surface area contributed by atoms with Crippen LogP contribution in [0.4, 0.5) is 15.9 Å². The maximum absolute atomic E-state index is 13.5. The number of anilines is 2. The molecule has 10 heteroatoms. The van der Waals surface area contributed by atoms with Gasteiger partial charge < -0.3 is 24.4 Å². The number of aromatic nitrogens is 2. The third kappa shape index (κ3) is 5.00. The monoisotopic (exact) mass is 460 g/mol. The van der Waals surface area contributed by atoms with Crippen molar-refractivity contribution in [3.8, 4) is 11.5 Å². The van der Waals surface area contributed by atoms with Crippen molar-refractivity contribution in [1.29, 1.82) is 0 Å². The highest BCUT2D eigenvalue weighted by Gasteiger charge is 2.18. The lowest BCUT2D eigenvalue weighted by Crippen LogP contribution is -2.42. The van der Waals surface area contributed by atoms with Gasteiger partial charge in [0.05, 0.1) is 30.9 Å². The molecule has 0 saturated carbocycles. The third-order valence-corrected chi connectivity index (χ3v) is 5.31. The van der Waals surface area contributed by atoms with Crippen LogP contribution in [0, 0.1) is 5.82 Å². The van der Waals surface area contributed by atoms with Crippen LogP contribution in [0.5, 0.6) is 11.5 Å². The van der Waals surface area contributed by atoms with Crippen molar-refractivity contribution in [2.45, 2.75) is 6.42 Å². The summed E-state index contributed by atoms with van der Waals surface area (Å²) < 4.78 is 30.0. The van der Waals surface area contributed by atoms with Gasteiger partial charge in [-0.2, -0.15) is 0 Å². The summed E-state index contributed by atoms with van der Waals surface area (Å²) in [6.07, 6.45) is 2.09. The van der Waals surface area contributed by atoms with Gasteiger partial charge in [0.2, 0.25) is 5.91 Å². The summed E-state index contributed by atoms with van der Waals surface area (Å²) in [6, 6.07) is 7.90. The molecule has 4 rings (SSSR count). The van der Waals surface area contributed by atoms with Gasteiger partial charge in [-0.3, -0.25) is 4.79 Å². The molecule has 1 aliphatic heterocycles. The van der Waals surface area contributed by atoms with E-state index in [0.29, 0.717) is 66.6 Å². The van der Waals surface area contributed by atoms with Gasteiger partial charge in [-0.25, -0.2) is 14.4 Å². The van der Waals surface area contributed by atoms with Crippen LogP contribution in [0.15, 0.2) is 36.7 Å². The van der Waals surface area contributed by atoms with Gasteiger partial charge in [-0.1, -0.05) is 11.6 Å². The number of carbonyl (C=O) groups excluding carboxylic acids is 1. The fraction of sp³-hybridized carbons (Fsp3) is 0.318. The van der Waals surface area contributed by atoms with Crippen LogP contribution in [0.2, 0.25) is 5.02 Å². The number of methoxy groups -OCH3 is 1. The zero-order chi connectivity index (χ0) is 22.5. The number of carbonyl (C=O) groups is 1. The Morgan fingerprint density at radius 1 is 1.25 bits per heavy atom. The van der Waals surface area contributed by atoms with Crippen LogP contribution in [0.25, 0.3) is 10.9 Å². The third-order valence-electron chi connectivity index (χ3n) is 5.02. The van der Waals surface area contributed by atoms with Crippen molar-refractivity contribution in [2.75, 3.05) is 45.3 Å². The molecule has 1 saturated heterocycles. The molecule has 3 aromatic rings. The van der Waals surface area contributed by atoms with Crippen LogP contribution < -0.4 is 14.8 Å². The molecule has 32 heavy (non-hydrogen) atoms.